The molecule has 0 aliphatic carbocycles. The second kappa shape index (κ2) is 7.70. The van der Waals surface area contributed by atoms with E-state index in [1.165, 1.54) is 30.6 Å². The molecule has 1 aliphatic rings. The van der Waals surface area contributed by atoms with Crippen molar-refractivity contribution in [1.82, 2.24) is 0 Å². The van der Waals surface area contributed by atoms with E-state index in [0.717, 1.165) is 0 Å². The Kier molecular flexibility index (Phi) is 6.84. The third kappa shape index (κ3) is 3.52. The van der Waals surface area contributed by atoms with Crippen molar-refractivity contribution in [2.45, 2.75) is 12.8 Å². The average Bonchev–Trinajstić information content (AvgIpc) is 2.35. The summed E-state index contributed by atoms with van der Waals surface area (Å²) in [5.41, 5.74) is 2.92. The molecule has 1 heteroatoms. The standard InChI is InChI=1S/C10H13N.C2H4.C2H2/c1-11-8-4-6-9-5-2-3-7-10(9)11;2*1-2/h2-3,5,7H,4,6,8H2,1H3;1-2H2;1-2H. The summed E-state index contributed by atoms with van der Waals surface area (Å²) in [5, 5.41) is 0. The van der Waals surface area contributed by atoms with Crippen LogP contribution in [-0.2, 0) is 6.42 Å². The van der Waals surface area contributed by atoms with E-state index in [9.17, 15) is 0 Å². The van der Waals surface area contributed by atoms with Crippen LogP contribution >= 0.6 is 0 Å². The summed E-state index contributed by atoms with van der Waals surface area (Å²) in [6.07, 6.45) is 10.5. The fourth-order valence-corrected chi connectivity index (χ4v) is 1.72. The molecule has 0 unspecified atom stereocenters. The van der Waals surface area contributed by atoms with Gasteiger partial charge in [-0.25, -0.2) is 0 Å². The van der Waals surface area contributed by atoms with Crippen molar-refractivity contribution in [3.8, 4) is 12.8 Å². The van der Waals surface area contributed by atoms with E-state index in [1.807, 2.05) is 0 Å². The third-order valence-electron chi connectivity index (χ3n) is 2.34. The minimum atomic E-state index is 1.21. The highest BCUT2D eigenvalue weighted by molar-refractivity contribution is 5.54. The fraction of sp³-hybridized carbons (Fsp3) is 0.286. The normalized spacial score (nSPS) is 12.3. The number of benzene rings is 1. The van der Waals surface area contributed by atoms with Gasteiger partial charge in [-0.15, -0.1) is 26.0 Å². The summed E-state index contributed by atoms with van der Waals surface area (Å²) in [4.78, 5) is 2.33. The van der Waals surface area contributed by atoms with Crippen LogP contribution in [0.5, 0.6) is 0 Å². The number of terminal acetylenes is 1. The Morgan fingerprint density at radius 1 is 1.20 bits per heavy atom. The molecule has 1 aromatic carbocycles. The van der Waals surface area contributed by atoms with Crippen LogP contribution in [0.3, 0.4) is 0 Å². The van der Waals surface area contributed by atoms with Gasteiger partial charge in [0.25, 0.3) is 0 Å². The summed E-state index contributed by atoms with van der Waals surface area (Å²) >= 11 is 0. The molecular weight excluding hydrogens is 182 g/mol. The second-order valence-corrected chi connectivity index (χ2v) is 3.15. The molecule has 1 heterocycles. The number of hydrogen-bond donors (Lipinski definition) is 0. The third-order valence-corrected chi connectivity index (χ3v) is 2.34. The Bertz CT molecular complexity index is 301. The Morgan fingerprint density at radius 3 is 2.40 bits per heavy atom. The van der Waals surface area contributed by atoms with Gasteiger partial charge in [0.2, 0.25) is 0 Å². The minimum Gasteiger partial charge on any atom is -0.374 e. The lowest BCUT2D eigenvalue weighted by atomic mass is 10.0. The van der Waals surface area contributed by atoms with Crippen LogP contribution in [0.4, 0.5) is 5.69 Å². The number of fused-ring (bicyclic) bond motifs is 1. The van der Waals surface area contributed by atoms with Gasteiger partial charge in [-0.3, -0.25) is 0 Å². The van der Waals surface area contributed by atoms with E-state index >= 15 is 0 Å². The van der Waals surface area contributed by atoms with Gasteiger partial charge in [-0.05, 0) is 24.5 Å². The molecule has 0 N–H and O–H groups in total. The van der Waals surface area contributed by atoms with Crippen molar-refractivity contribution in [3.05, 3.63) is 43.0 Å². The van der Waals surface area contributed by atoms with Crippen molar-refractivity contribution in [2.24, 2.45) is 0 Å². The highest BCUT2D eigenvalue weighted by atomic mass is 15.1. The van der Waals surface area contributed by atoms with Crippen LogP contribution < -0.4 is 4.90 Å². The predicted octanol–water partition coefficient (Wildman–Crippen LogP) is 3.12. The lowest BCUT2D eigenvalue weighted by Gasteiger charge is -2.26. The summed E-state index contributed by atoms with van der Waals surface area (Å²) in [7, 11) is 2.16. The van der Waals surface area contributed by atoms with E-state index in [0.29, 0.717) is 0 Å². The molecule has 80 valence electrons. The van der Waals surface area contributed by atoms with Gasteiger partial charge in [-0.1, -0.05) is 18.2 Å². The van der Waals surface area contributed by atoms with Gasteiger partial charge in [-0.2, -0.15) is 0 Å². The van der Waals surface area contributed by atoms with Crippen molar-refractivity contribution < 1.29 is 0 Å². The molecule has 0 spiro atoms. The van der Waals surface area contributed by atoms with Crippen LogP contribution in [-0.4, -0.2) is 13.6 Å². The van der Waals surface area contributed by atoms with Crippen LogP contribution in [0.2, 0.25) is 0 Å². The van der Waals surface area contributed by atoms with Gasteiger partial charge in [0.1, 0.15) is 0 Å². The molecule has 2 rings (SSSR count). The lowest BCUT2D eigenvalue weighted by molar-refractivity contribution is 0.744. The zero-order valence-electron chi connectivity index (χ0n) is 9.45. The predicted molar refractivity (Wildman–Crippen MR) is 69.2 cm³/mol. The minimum absolute atomic E-state index is 1.21. The number of rotatable bonds is 0. The maximum atomic E-state index is 4.00. The Hall–Kier alpha value is -1.68. The van der Waals surface area contributed by atoms with E-state index in [4.69, 9.17) is 0 Å². The van der Waals surface area contributed by atoms with E-state index in [1.54, 1.807) is 0 Å². The second-order valence-electron chi connectivity index (χ2n) is 3.15. The number of aryl methyl sites for hydroxylation is 1. The SMILES string of the molecule is C#C.C=C.CN1CCCc2ccccc21. The van der Waals surface area contributed by atoms with Crippen LogP contribution in [0, 0.1) is 12.8 Å². The van der Waals surface area contributed by atoms with Crippen LogP contribution in [0.25, 0.3) is 0 Å². The molecule has 0 fully saturated rings. The maximum absolute atomic E-state index is 4.00. The fourth-order valence-electron chi connectivity index (χ4n) is 1.72. The summed E-state index contributed by atoms with van der Waals surface area (Å²) in [6, 6.07) is 8.66. The Balaban J connectivity index is 0.000000442. The molecule has 0 saturated heterocycles. The summed E-state index contributed by atoms with van der Waals surface area (Å²) < 4.78 is 0. The number of hydrogen-bond acceptors (Lipinski definition) is 1. The summed E-state index contributed by atoms with van der Waals surface area (Å²) in [5.74, 6) is 0. The first-order chi connectivity index (χ1) is 7.38. The van der Waals surface area contributed by atoms with E-state index < -0.39 is 0 Å². The van der Waals surface area contributed by atoms with Crippen LogP contribution in [0.15, 0.2) is 37.4 Å². The average molecular weight is 201 g/mol. The zero-order valence-corrected chi connectivity index (χ0v) is 9.45. The molecule has 0 atom stereocenters. The van der Waals surface area contributed by atoms with Gasteiger partial charge in [0.15, 0.2) is 0 Å². The molecule has 0 radical (unpaired) electrons. The molecule has 0 amide bonds. The number of nitrogens with zero attached hydrogens (tertiary/aromatic N) is 1. The largest absolute Gasteiger partial charge is 0.374 e. The Labute approximate surface area is 93.4 Å². The van der Waals surface area contributed by atoms with Crippen molar-refractivity contribution in [1.29, 1.82) is 0 Å². The zero-order chi connectivity index (χ0) is 11.7. The Morgan fingerprint density at radius 2 is 1.80 bits per heavy atom. The molecule has 0 bridgehead atoms. The lowest BCUT2D eigenvalue weighted by Crippen LogP contribution is -2.24. The summed E-state index contributed by atoms with van der Waals surface area (Å²) in [6.45, 7) is 7.21. The van der Waals surface area contributed by atoms with E-state index in [-0.39, 0.29) is 0 Å². The number of anilines is 1. The molecular formula is C14H19N. The van der Waals surface area contributed by atoms with Crippen molar-refractivity contribution in [2.75, 3.05) is 18.5 Å². The highest BCUT2D eigenvalue weighted by Crippen LogP contribution is 2.24. The van der Waals surface area contributed by atoms with Crippen molar-refractivity contribution >= 4 is 5.69 Å². The smallest absolute Gasteiger partial charge is 0.0396 e. The maximum Gasteiger partial charge on any atom is 0.0396 e. The topological polar surface area (TPSA) is 3.24 Å². The molecule has 1 nitrogen and oxygen atoms in total. The molecule has 15 heavy (non-hydrogen) atoms. The molecule has 0 aromatic heterocycles. The quantitative estimate of drug-likeness (QED) is 0.460. The molecule has 0 saturated carbocycles. The molecule has 1 aromatic rings. The van der Waals surface area contributed by atoms with Gasteiger partial charge < -0.3 is 4.90 Å². The van der Waals surface area contributed by atoms with Crippen molar-refractivity contribution in [3.63, 3.8) is 0 Å². The highest BCUT2D eigenvalue weighted by Gasteiger charge is 2.11. The van der Waals surface area contributed by atoms with Gasteiger partial charge in [0.05, 0.1) is 0 Å². The van der Waals surface area contributed by atoms with Gasteiger partial charge in [0, 0.05) is 19.3 Å². The first-order valence-electron chi connectivity index (χ1n) is 5.00. The first-order valence-corrected chi connectivity index (χ1v) is 5.00. The first kappa shape index (κ1) is 13.3. The number of para-hydroxylation sites is 1. The molecule has 1 aliphatic heterocycles. The van der Waals surface area contributed by atoms with Gasteiger partial charge >= 0.3 is 0 Å². The van der Waals surface area contributed by atoms with E-state index in [2.05, 4.69) is 62.2 Å². The van der Waals surface area contributed by atoms with Crippen LogP contribution in [0.1, 0.15) is 12.0 Å². The monoisotopic (exact) mass is 201 g/mol.